The first-order chi connectivity index (χ1) is 8.18. The summed E-state index contributed by atoms with van der Waals surface area (Å²) >= 11 is 0. The van der Waals surface area contributed by atoms with Gasteiger partial charge in [0.15, 0.2) is 0 Å². The predicted molar refractivity (Wildman–Crippen MR) is 67.7 cm³/mol. The van der Waals surface area contributed by atoms with Crippen molar-refractivity contribution in [1.29, 1.82) is 0 Å². The van der Waals surface area contributed by atoms with E-state index in [4.69, 9.17) is 5.73 Å². The standard InChI is InChI=1S/C15H19NO/c16-15(7-4-8-15)10-14(17)13-9-12(13)11-5-2-1-3-6-11/h1-3,5-6,12-13H,4,7-10,16H2. The number of hydrogen-bond acceptors (Lipinski definition) is 2. The first kappa shape index (κ1) is 11.0. The summed E-state index contributed by atoms with van der Waals surface area (Å²) < 4.78 is 0. The molecule has 0 heterocycles. The van der Waals surface area contributed by atoms with Gasteiger partial charge in [0.25, 0.3) is 0 Å². The van der Waals surface area contributed by atoms with Gasteiger partial charge in [-0.1, -0.05) is 30.3 Å². The molecule has 3 rings (SSSR count). The molecule has 0 saturated heterocycles. The summed E-state index contributed by atoms with van der Waals surface area (Å²) in [7, 11) is 0. The SMILES string of the molecule is NC1(CC(=O)C2CC2c2ccccc2)CCC1. The molecule has 2 saturated carbocycles. The minimum atomic E-state index is -0.152. The molecule has 2 heteroatoms. The molecule has 0 radical (unpaired) electrons. The zero-order valence-electron chi connectivity index (χ0n) is 10.1. The number of hydrogen-bond donors (Lipinski definition) is 1. The van der Waals surface area contributed by atoms with E-state index >= 15 is 0 Å². The average Bonchev–Trinajstić information content (AvgIpc) is 3.08. The van der Waals surface area contributed by atoms with Crippen LogP contribution in [0.5, 0.6) is 0 Å². The van der Waals surface area contributed by atoms with Crippen LogP contribution in [0.25, 0.3) is 0 Å². The van der Waals surface area contributed by atoms with Crippen molar-refractivity contribution in [3.8, 4) is 0 Å². The summed E-state index contributed by atoms with van der Waals surface area (Å²) in [5, 5.41) is 0. The Morgan fingerprint density at radius 3 is 2.59 bits per heavy atom. The van der Waals surface area contributed by atoms with Gasteiger partial charge in [0.2, 0.25) is 0 Å². The topological polar surface area (TPSA) is 43.1 Å². The summed E-state index contributed by atoms with van der Waals surface area (Å²) in [4.78, 5) is 12.1. The molecule has 2 aliphatic rings. The van der Waals surface area contributed by atoms with Crippen molar-refractivity contribution >= 4 is 5.78 Å². The molecule has 0 amide bonds. The molecule has 2 N–H and O–H groups in total. The van der Waals surface area contributed by atoms with Gasteiger partial charge in [-0.05, 0) is 37.2 Å². The van der Waals surface area contributed by atoms with Crippen molar-refractivity contribution in [2.45, 2.75) is 43.6 Å². The van der Waals surface area contributed by atoms with Gasteiger partial charge in [0.1, 0.15) is 5.78 Å². The molecule has 1 aromatic carbocycles. The lowest BCUT2D eigenvalue weighted by atomic mass is 9.74. The van der Waals surface area contributed by atoms with Gasteiger partial charge in [-0.2, -0.15) is 0 Å². The van der Waals surface area contributed by atoms with E-state index in [1.165, 1.54) is 12.0 Å². The number of benzene rings is 1. The molecule has 2 fully saturated rings. The van der Waals surface area contributed by atoms with Crippen molar-refractivity contribution in [2.75, 3.05) is 0 Å². The minimum Gasteiger partial charge on any atom is -0.325 e. The molecule has 0 spiro atoms. The molecule has 2 unspecified atom stereocenters. The van der Waals surface area contributed by atoms with Gasteiger partial charge in [0, 0.05) is 17.9 Å². The predicted octanol–water partition coefficient (Wildman–Crippen LogP) is 2.63. The van der Waals surface area contributed by atoms with Gasteiger partial charge in [-0.25, -0.2) is 0 Å². The monoisotopic (exact) mass is 229 g/mol. The molecule has 17 heavy (non-hydrogen) atoms. The normalized spacial score (nSPS) is 29.5. The second kappa shape index (κ2) is 3.95. The van der Waals surface area contributed by atoms with Crippen molar-refractivity contribution in [3.05, 3.63) is 35.9 Å². The van der Waals surface area contributed by atoms with E-state index in [9.17, 15) is 4.79 Å². The fraction of sp³-hybridized carbons (Fsp3) is 0.533. The third kappa shape index (κ3) is 2.14. The van der Waals surface area contributed by atoms with E-state index in [1.807, 2.05) is 18.2 Å². The molecular weight excluding hydrogens is 210 g/mol. The summed E-state index contributed by atoms with van der Waals surface area (Å²) in [6, 6.07) is 10.4. The Kier molecular flexibility index (Phi) is 2.55. The zero-order chi connectivity index (χ0) is 11.9. The fourth-order valence-electron chi connectivity index (χ4n) is 2.91. The molecule has 2 aliphatic carbocycles. The molecule has 90 valence electrons. The Bertz CT molecular complexity index is 422. The molecule has 2 nitrogen and oxygen atoms in total. The Morgan fingerprint density at radius 2 is 2.00 bits per heavy atom. The molecule has 0 aliphatic heterocycles. The largest absolute Gasteiger partial charge is 0.325 e. The van der Waals surface area contributed by atoms with E-state index in [-0.39, 0.29) is 11.5 Å². The third-order valence-electron chi connectivity index (χ3n) is 4.31. The summed E-state index contributed by atoms with van der Waals surface area (Å²) in [6.45, 7) is 0. The molecule has 0 bridgehead atoms. The number of rotatable bonds is 4. The van der Waals surface area contributed by atoms with E-state index < -0.39 is 0 Å². The van der Waals surface area contributed by atoms with Crippen molar-refractivity contribution in [1.82, 2.24) is 0 Å². The van der Waals surface area contributed by atoms with Crippen LogP contribution in [-0.2, 0) is 4.79 Å². The second-order valence-corrected chi connectivity index (χ2v) is 5.72. The van der Waals surface area contributed by atoms with Crippen LogP contribution in [0.2, 0.25) is 0 Å². The summed E-state index contributed by atoms with van der Waals surface area (Å²) in [6.07, 6.45) is 4.87. The average molecular weight is 229 g/mol. The highest BCUT2D eigenvalue weighted by atomic mass is 16.1. The number of ketones is 1. The van der Waals surface area contributed by atoms with Crippen LogP contribution in [-0.4, -0.2) is 11.3 Å². The Labute approximate surface area is 102 Å². The third-order valence-corrected chi connectivity index (χ3v) is 4.31. The van der Waals surface area contributed by atoms with Gasteiger partial charge >= 0.3 is 0 Å². The highest BCUT2D eigenvalue weighted by Crippen LogP contribution is 2.49. The Hall–Kier alpha value is -1.15. The van der Waals surface area contributed by atoms with E-state index in [0.717, 1.165) is 19.3 Å². The van der Waals surface area contributed by atoms with Crippen LogP contribution in [0.1, 0.15) is 43.6 Å². The van der Waals surface area contributed by atoms with Crippen LogP contribution in [0.4, 0.5) is 0 Å². The fourth-order valence-corrected chi connectivity index (χ4v) is 2.91. The van der Waals surface area contributed by atoms with Crippen molar-refractivity contribution in [3.63, 3.8) is 0 Å². The number of carbonyl (C=O) groups is 1. The number of carbonyl (C=O) groups excluding carboxylic acids is 1. The van der Waals surface area contributed by atoms with Gasteiger partial charge in [-0.15, -0.1) is 0 Å². The van der Waals surface area contributed by atoms with Crippen LogP contribution in [0.15, 0.2) is 30.3 Å². The van der Waals surface area contributed by atoms with Crippen LogP contribution < -0.4 is 5.73 Å². The maximum absolute atomic E-state index is 12.1. The van der Waals surface area contributed by atoms with Crippen molar-refractivity contribution < 1.29 is 4.79 Å². The highest BCUT2D eigenvalue weighted by molar-refractivity contribution is 5.86. The second-order valence-electron chi connectivity index (χ2n) is 5.72. The quantitative estimate of drug-likeness (QED) is 0.862. The minimum absolute atomic E-state index is 0.152. The van der Waals surface area contributed by atoms with Gasteiger partial charge in [-0.3, -0.25) is 4.79 Å². The maximum Gasteiger partial charge on any atom is 0.138 e. The lowest BCUT2D eigenvalue weighted by Gasteiger charge is -2.37. The first-order valence-corrected chi connectivity index (χ1v) is 6.54. The Morgan fingerprint density at radius 1 is 1.29 bits per heavy atom. The van der Waals surface area contributed by atoms with Crippen molar-refractivity contribution in [2.24, 2.45) is 11.7 Å². The Balaban J connectivity index is 1.59. The molecule has 0 aromatic heterocycles. The van der Waals surface area contributed by atoms with E-state index in [1.54, 1.807) is 0 Å². The number of Topliss-reactive ketones (excluding diaryl/α,β-unsaturated/α-hetero) is 1. The van der Waals surface area contributed by atoms with Gasteiger partial charge in [0.05, 0.1) is 0 Å². The van der Waals surface area contributed by atoms with Gasteiger partial charge < -0.3 is 5.73 Å². The summed E-state index contributed by atoms with van der Waals surface area (Å²) in [5.74, 6) is 1.10. The lowest BCUT2D eigenvalue weighted by Crippen LogP contribution is -2.48. The smallest absolute Gasteiger partial charge is 0.138 e. The summed E-state index contributed by atoms with van der Waals surface area (Å²) in [5.41, 5.74) is 7.29. The lowest BCUT2D eigenvalue weighted by molar-refractivity contribution is -0.122. The van der Waals surface area contributed by atoms with Crippen LogP contribution in [0.3, 0.4) is 0 Å². The molecular formula is C15H19NO. The van der Waals surface area contributed by atoms with Crippen LogP contribution >= 0.6 is 0 Å². The molecule has 1 aromatic rings. The van der Waals surface area contributed by atoms with Crippen LogP contribution in [0, 0.1) is 5.92 Å². The first-order valence-electron chi connectivity index (χ1n) is 6.54. The molecule has 2 atom stereocenters. The zero-order valence-corrected chi connectivity index (χ0v) is 10.1. The number of nitrogens with two attached hydrogens (primary N) is 1. The highest BCUT2D eigenvalue weighted by Gasteiger charge is 2.46. The van der Waals surface area contributed by atoms with E-state index in [0.29, 0.717) is 18.1 Å². The van der Waals surface area contributed by atoms with E-state index in [2.05, 4.69) is 12.1 Å². The maximum atomic E-state index is 12.1.